The number of ether oxygens (including phenoxy) is 1. The van der Waals surface area contributed by atoms with Crippen molar-refractivity contribution in [1.29, 1.82) is 0 Å². The maximum atomic E-state index is 12.7. The molecule has 1 atom stereocenters. The number of carbonyl (C=O) groups is 2. The highest BCUT2D eigenvalue weighted by atomic mass is 16.5. The lowest BCUT2D eigenvalue weighted by atomic mass is 10.1. The lowest BCUT2D eigenvalue weighted by Gasteiger charge is -2.18. The Morgan fingerprint density at radius 1 is 1.00 bits per heavy atom. The number of carbonyl (C=O) groups excluding carboxylic acids is 2. The molecule has 2 N–H and O–H groups in total. The lowest BCUT2D eigenvalue weighted by Crippen LogP contribution is -2.33. The minimum Gasteiger partial charge on any atom is -0.481 e. The number of nitrogens with one attached hydrogen (secondary N) is 2. The fourth-order valence-corrected chi connectivity index (χ4v) is 2.77. The standard InChI is InChI=1S/C23H23N3O3/c1-2-21(29-18-10-4-3-5-11-18)23(28)26-20-13-7-6-12-19(20)22(27)25-16-17-9-8-14-24-15-17/h3-15,21H,2,16H2,1H3,(H,25,27)(H,26,28)/t21-/m1/s1. The zero-order chi connectivity index (χ0) is 20.5. The highest BCUT2D eigenvalue weighted by Crippen LogP contribution is 2.18. The summed E-state index contributed by atoms with van der Waals surface area (Å²) in [4.78, 5) is 29.4. The van der Waals surface area contributed by atoms with Gasteiger partial charge in [0.25, 0.3) is 11.8 Å². The van der Waals surface area contributed by atoms with E-state index in [2.05, 4.69) is 15.6 Å². The number of hydrogen-bond acceptors (Lipinski definition) is 4. The molecule has 0 radical (unpaired) electrons. The summed E-state index contributed by atoms with van der Waals surface area (Å²) in [6, 6.07) is 19.8. The SMILES string of the molecule is CC[C@@H](Oc1ccccc1)C(=O)Nc1ccccc1C(=O)NCc1cccnc1. The van der Waals surface area contributed by atoms with Gasteiger partial charge in [0.15, 0.2) is 6.10 Å². The topological polar surface area (TPSA) is 80.3 Å². The molecule has 2 amide bonds. The maximum Gasteiger partial charge on any atom is 0.265 e. The van der Waals surface area contributed by atoms with Crippen LogP contribution in [-0.4, -0.2) is 22.9 Å². The van der Waals surface area contributed by atoms with Crippen LogP contribution in [0.15, 0.2) is 79.1 Å². The monoisotopic (exact) mass is 389 g/mol. The van der Waals surface area contributed by atoms with Crippen LogP contribution in [0, 0.1) is 0 Å². The molecule has 3 aromatic rings. The van der Waals surface area contributed by atoms with Crippen molar-refractivity contribution < 1.29 is 14.3 Å². The van der Waals surface area contributed by atoms with Gasteiger partial charge < -0.3 is 15.4 Å². The van der Waals surface area contributed by atoms with Crippen molar-refractivity contribution in [3.63, 3.8) is 0 Å². The number of pyridine rings is 1. The number of anilines is 1. The number of amides is 2. The van der Waals surface area contributed by atoms with Crippen molar-refractivity contribution in [2.24, 2.45) is 0 Å². The number of para-hydroxylation sites is 2. The Hall–Kier alpha value is -3.67. The van der Waals surface area contributed by atoms with Crippen LogP contribution in [0.4, 0.5) is 5.69 Å². The van der Waals surface area contributed by atoms with Gasteiger partial charge >= 0.3 is 0 Å². The van der Waals surface area contributed by atoms with E-state index in [4.69, 9.17) is 4.74 Å². The van der Waals surface area contributed by atoms with Gasteiger partial charge in [-0.2, -0.15) is 0 Å². The van der Waals surface area contributed by atoms with Gasteiger partial charge in [-0.15, -0.1) is 0 Å². The molecule has 6 nitrogen and oxygen atoms in total. The average molecular weight is 389 g/mol. The third kappa shape index (κ3) is 5.65. The summed E-state index contributed by atoms with van der Waals surface area (Å²) in [5, 5.41) is 5.67. The largest absolute Gasteiger partial charge is 0.481 e. The van der Waals surface area contributed by atoms with Gasteiger partial charge in [0.2, 0.25) is 0 Å². The van der Waals surface area contributed by atoms with Gasteiger partial charge in [0.1, 0.15) is 5.75 Å². The van der Waals surface area contributed by atoms with E-state index >= 15 is 0 Å². The van der Waals surface area contributed by atoms with E-state index in [9.17, 15) is 9.59 Å². The normalized spacial score (nSPS) is 11.3. The Labute approximate surface area is 169 Å². The van der Waals surface area contributed by atoms with Crippen LogP contribution in [0.25, 0.3) is 0 Å². The second-order valence-electron chi connectivity index (χ2n) is 6.41. The molecule has 0 fully saturated rings. The first-order valence-electron chi connectivity index (χ1n) is 9.46. The maximum absolute atomic E-state index is 12.7. The Balaban J connectivity index is 1.67. The summed E-state index contributed by atoms with van der Waals surface area (Å²) in [5.74, 6) is 0.0441. The van der Waals surface area contributed by atoms with Crippen molar-refractivity contribution in [3.8, 4) is 5.75 Å². The van der Waals surface area contributed by atoms with Crippen LogP contribution in [0.2, 0.25) is 0 Å². The molecule has 3 rings (SSSR count). The van der Waals surface area contributed by atoms with Crippen molar-refractivity contribution in [1.82, 2.24) is 10.3 Å². The van der Waals surface area contributed by atoms with E-state index in [-0.39, 0.29) is 11.8 Å². The Morgan fingerprint density at radius 3 is 2.48 bits per heavy atom. The van der Waals surface area contributed by atoms with Crippen molar-refractivity contribution in [3.05, 3.63) is 90.3 Å². The van der Waals surface area contributed by atoms with E-state index in [0.29, 0.717) is 30.0 Å². The third-order valence-electron chi connectivity index (χ3n) is 4.29. The number of aromatic nitrogens is 1. The molecule has 0 bridgehead atoms. The molecule has 1 heterocycles. The average Bonchev–Trinajstić information content (AvgIpc) is 2.77. The quantitative estimate of drug-likeness (QED) is 0.614. The number of benzene rings is 2. The van der Waals surface area contributed by atoms with Gasteiger partial charge in [0.05, 0.1) is 11.3 Å². The molecule has 148 valence electrons. The Bertz CT molecular complexity index is 946. The number of hydrogen-bond donors (Lipinski definition) is 2. The first kappa shape index (κ1) is 20.1. The summed E-state index contributed by atoms with van der Waals surface area (Å²) in [6.07, 6.45) is 3.21. The lowest BCUT2D eigenvalue weighted by molar-refractivity contribution is -0.122. The van der Waals surface area contributed by atoms with Crippen LogP contribution >= 0.6 is 0 Å². The highest BCUT2D eigenvalue weighted by Gasteiger charge is 2.21. The fraction of sp³-hybridized carbons (Fsp3) is 0.174. The number of nitrogens with zero attached hydrogens (tertiary/aromatic N) is 1. The molecule has 0 saturated heterocycles. The Morgan fingerprint density at radius 2 is 1.76 bits per heavy atom. The van der Waals surface area contributed by atoms with Gasteiger partial charge in [-0.1, -0.05) is 43.3 Å². The van der Waals surface area contributed by atoms with E-state index in [0.717, 1.165) is 5.56 Å². The summed E-state index contributed by atoms with van der Waals surface area (Å²) in [6.45, 7) is 2.23. The molecular weight excluding hydrogens is 366 g/mol. The molecule has 1 aromatic heterocycles. The van der Waals surface area contributed by atoms with Crippen LogP contribution in [0.5, 0.6) is 5.75 Å². The minimum atomic E-state index is -0.663. The Kier molecular flexibility index (Phi) is 6.95. The van der Waals surface area contributed by atoms with Crippen molar-refractivity contribution in [2.45, 2.75) is 26.0 Å². The number of rotatable bonds is 8. The molecule has 0 aliphatic carbocycles. The molecule has 0 saturated carbocycles. The smallest absolute Gasteiger partial charge is 0.265 e. The van der Waals surface area contributed by atoms with Gasteiger partial charge in [-0.25, -0.2) is 0 Å². The predicted molar refractivity (Wildman–Crippen MR) is 112 cm³/mol. The van der Waals surface area contributed by atoms with Gasteiger partial charge in [-0.05, 0) is 42.3 Å². The summed E-state index contributed by atoms with van der Waals surface area (Å²) < 4.78 is 5.78. The molecule has 0 unspecified atom stereocenters. The summed E-state index contributed by atoms with van der Waals surface area (Å²) in [5.41, 5.74) is 1.72. The highest BCUT2D eigenvalue weighted by molar-refractivity contribution is 6.04. The van der Waals surface area contributed by atoms with Crippen LogP contribution in [0.3, 0.4) is 0 Å². The van der Waals surface area contributed by atoms with Crippen molar-refractivity contribution >= 4 is 17.5 Å². The van der Waals surface area contributed by atoms with Crippen molar-refractivity contribution in [2.75, 3.05) is 5.32 Å². The molecule has 0 spiro atoms. The first-order chi connectivity index (χ1) is 14.2. The van der Waals surface area contributed by atoms with Crippen LogP contribution < -0.4 is 15.4 Å². The zero-order valence-corrected chi connectivity index (χ0v) is 16.2. The second-order valence-corrected chi connectivity index (χ2v) is 6.41. The van der Waals surface area contributed by atoms with E-state index in [1.807, 2.05) is 37.3 Å². The molecular formula is C23H23N3O3. The molecule has 6 heteroatoms. The minimum absolute atomic E-state index is 0.276. The predicted octanol–water partition coefficient (Wildman–Crippen LogP) is 3.81. The van der Waals surface area contributed by atoms with E-state index in [1.54, 1.807) is 48.8 Å². The van der Waals surface area contributed by atoms with Crippen LogP contribution in [-0.2, 0) is 11.3 Å². The molecule has 2 aromatic carbocycles. The van der Waals surface area contributed by atoms with Crippen LogP contribution in [0.1, 0.15) is 29.3 Å². The van der Waals surface area contributed by atoms with Gasteiger partial charge in [-0.3, -0.25) is 14.6 Å². The second kappa shape index (κ2) is 10.0. The fourth-order valence-electron chi connectivity index (χ4n) is 2.77. The molecule has 29 heavy (non-hydrogen) atoms. The summed E-state index contributed by atoms with van der Waals surface area (Å²) in [7, 11) is 0. The third-order valence-corrected chi connectivity index (χ3v) is 4.29. The van der Waals surface area contributed by atoms with Gasteiger partial charge in [0, 0.05) is 18.9 Å². The molecule has 0 aliphatic rings. The van der Waals surface area contributed by atoms with E-state index < -0.39 is 6.10 Å². The first-order valence-corrected chi connectivity index (χ1v) is 9.46. The molecule has 0 aliphatic heterocycles. The van der Waals surface area contributed by atoms with E-state index in [1.165, 1.54) is 0 Å². The zero-order valence-electron chi connectivity index (χ0n) is 16.2. The summed E-state index contributed by atoms with van der Waals surface area (Å²) >= 11 is 0.